The zero-order chi connectivity index (χ0) is 11.5. The van der Waals surface area contributed by atoms with E-state index in [9.17, 15) is 0 Å². The van der Waals surface area contributed by atoms with Gasteiger partial charge in [0.2, 0.25) is 0 Å². The Morgan fingerprint density at radius 3 is 2.75 bits per heavy atom. The van der Waals surface area contributed by atoms with Crippen LogP contribution in [-0.2, 0) is 0 Å². The highest BCUT2D eigenvalue weighted by Crippen LogP contribution is 1.94. The van der Waals surface area contributed by atoms with E-state index in [1.807, 2.05) is 20.0 Å². The maximum atomic E-state index is 8.71. The van der Waals surface area contributed by atoms with Crippen molar-refractivity contribution >= 4 is 29.9 Å². The Morgan fingerprint density at radius 2 is 2.25 bits per heavy atom. The fraction of sp³-hybridized carbons (Fsp3) is 0.727. The molecular weight excluding hydrogens is 317 g/mol. The minimum atomic E-state index is 0. The van der Waals surface area contributed by atoms with Gasteiger partial charge >= 0.3 is 0 Å². The van der Waals surface area contributed by atoms with Crippen LogP contribution in [0.1, 0.15) is 19.8 Å². The lowest BCUT2D eigenvalue weighted by molar-refractivity contribution is 0.305. The van der Waals surface area contributed by atoms with Gasteiger partial charge in [-0.3, -0.25) is 4.99 Å². The molecule has 0 heterocycles. The fourth-order valence-electron chi connectivity index (χ4n) is 1.20. The first-order valence-corrected chi connectivity index (χ1v) is 5.47. The third-order valence-electron chi connectivity index (χ3n) is 1.96. The number of unbranched alkanes of at least 4 members (excludes halogenated alkanes) is 1. The standard InChI is InChI=1S/C11H23N3O.HI/c1-4-6-7-9-14(3)11(12-5-2)13-8-10-15;/h4,15H,1,5-10H2,2-3H3,(H,12,13);1H. The normalized spacial score (nSPS) is 10.6. The molecule has 0 aromatic heterocycles. The Morgan fingerprint density at radius 1 is 1.56 bits per heavy atom. The summed E-state index contributed by atoms with van der Waals surface area (Å²) in [5, 5.41) is 11.9. The highest BCUT2D eigenvalue weighted by Gasteiger charge is 2.03. The second kappa shape index (κ2) is 12.8. The summed E-state index contributed by atoms with van der Waals surface area (Å²) in [6, 6.07) is 0. The van der Waals surface area contributed by atoms with Gasteiger partial charge < -0.3 is 15.3 Å². The van der Waals surface area contributed by atoms with Crippen LogP contribution in [0.25, 0.3) is 0 Å². The van der Waals surface area contributed by atoms with E-state index < -0.39 is 0 Å². The number of halogens is 1. The van der Waals surface area contributed by atoms with Gasteiger partial charge in [0.25, 0.3) is 0 Å². The van der Waals surface area contributed by atoms with Crippen LogP contribution in [0.4, 0.5) is 0 Å². The number of hydrogen-bond acceptors (Lipinski definition) is 2. The lowest BCUT2D eigenvalue weighted by atomic mass is 10.3. The predicted octanol–water partition coefficient (Wildman–Crippen LogP) is 1.46. The number of hydrogen-bond donors (Lipinski definition) is 2. The summed E-state index contributed by atoms with van der Waals surface area (Å²) in [5.74, 6) is 0.857. The third kappa shape index (κ3) is 8.96. The number of rotatable bonds is 7. The molecule has 0 bridgehead atoms. The van der Waals surface area contributed by atoms with Gasteiger partial charge in [-0.1, -0.05) is 6.08 Å². The van der Waals surface area contributed by atoms with Crippen LogP contribution in [0.2, 0.25) is 0 Å². The third-order valence-corrected chi connectivity index (χ3v) is 1.96. The molecule has 0 amide bonds. The number of nitrogens with zero attached hydrogens (tertiary/aromatic N) is 2. The zero-order valence-corrected chi connectivity index (χ0v) is 12.6. The van der Waals surface area contributed by atoms with E-state index in [0.29, 0.717) is 6.54 Å². The second-order valence-corrected chi connectivity index (χ2v) is 3.31. The summed E-state index contributed by atoms with van der Waals surface area (Å²) in [6.45, 7) is 8.06. The summed E-state index contributed by atoms with van der Waals surface area (Å²) in [4.78, 5) is 6.34. The van der Waals surface area contributed by atoms with Crippen molar-refractivity contribution in [1.29, 1.82) is 0 Å². The van der Waals surface area contributed by atoms with E-state index in [1.54, 1.807) is 0 Å². The Balaban J connectivity index is 0. The quantitative estimate of drug-likeness (QED) is 0.242. The van der Waals surface area contributed by atoms with Crippen molar-refractivity contribution in [2.45, 2.75) is 19.8 Å². The topological polar surface area (TPSA) is 47.9 Å². The molecule has 0 aliphatic rings. The van der Waals surface area contributed by atoms with Crippen LogP contribution >= 0.6 is 24.0 Å². The molecule has 0 fully saturated rings. The number of allylic oxidation sites excluding steroid dienone is 1. The van der Waals surface area contributed by atoms with Crippen molar-refractivity contribution in [2.75, 3.05) is 33.3 Å². The lowest BCUT2D eigenvalue weighted by Crippen LogP contribution is -2.39. The average molecular weight is 341 g/mol. The highest BCUT2D eigenvalue weighted by atomic mass is 127. The molecule has 0 spiro atoms. The average Bonchev–Trinajstić information content (AvgIpc) is 2.24. The second-order valence-electron chi connectivity index (χ2n) is 3.31. The summed E-state index contributed by atoms with van der Waals surface area (Å²) in [5.41, 5.74) is 0. The maximum absolute atomic E-state index is 8.71. The van der Waals surface area contributed by atoms with Crippen LogP contribution in [0.3, 0.4) is 0 Å². The Hall–Kier alpha value is -0.300. The molecule has 0 saturated heterocycles. The first kappa shape index (κ1) is 18.1. The monoisotopic (exact) mass is 341 g/mol. The predicted molar refractivity (Wildman–Crippen MR) is 80.5 cm³/mol. The Kier molecular flexibility index (Phi) is 14.4. The molecule has 96 valence electrons. The number of aliphatic hydroxyl groups excluding tert-OH is 1. The Bertz CT molecular complexity index is 198. The molecule has 0 aliphatic carbocycles. The SMILES string of the molecule is C=CCCCN(C)C(=NCCO)NCC.I. The van der Waals surface area contributed by atoms with Crippen molar-refractivity contribution in [1.82, 2.24) is 10.2 Å². The molecule has 0 aromatic rings. The summed E-state index contributed by atoms with van der Waals surface area (Å²) >= 11 is 0. The van der Waals surface area contributed by atoms with Gasteiger partial charge in [-0.05, 0) is 19.8 Å². The van der Waals surface area contributed by atoms with Crippen LogP contribution in [0.15, 0.2) is 17.6 Å². The van der Waals surface area contributed by atoms with Crippen molar-refractivity contribution in [3.63, 3.8) is 0 Å². The zero-order valence-electron chi connectivity index (χ0n) is 10.3. The minimum Gasteiger partial charge on any atom is -0.394 e. The number of aliphatic imine (C=N–C) groups is 1. The van der Waals surface area contributed by atoms with Crippen LogP contribution in [0, 0.1) is 0 Å². The molecule has 0 saturated carbocycles. The molecule has 4 nitrogen and oxygen atoms in total. The fourth-order valence-corrected chi connectivity index (χ4v) is 1.20. The molecule has 0 rings (SSSR count). The molecule has 0 aliphatic heterocycles. The lowest BCUT2D eigenvalue weighted by Gasteiger charge is -2.21. The first-order chi connectivity index (χ1) is 7.26. The van der Waals surface area contributed by atoms with E-state index >= 15 is 0 Å². The van der Waals surface area contributed by atoms with E-state index in [0.717, 1.165) is 31.9 Å². The van der Waals surface area contributed by atoms with E-state index in [1.165, 1.54) is 0 Å². The van der Waals surface area contributed by atoms with Gasteiger partial charge in [0, 0.05) is 20.1 Å². The van der Waals surface area contributed by atoms with Crippen molar-refractivity contribution < 1.29 is 5.11 Å². The molecule has 0 aromatic carbocycles. The van der Waals surface area contributed by atoms with Gasteiger partial charge in [0.1, 0.15) is 0 Å². The maximum Gasteiger partial charge on any atom is 0.193 e. The van der Waals surface area contributed by atoms with E-state index in [-0.39, 0.29) is 30.6 Å². The van der Waals surface area contributed by atoms with Crippen LogP contribution in [-0.4, -0.2) is 49.3 Å². The summed E-state index contributed by atoms with van der Waals surface area (Å²) < 4.78 is 0. The van der Waals surface area contributed by atoms with Crippen molar-refractivity contribution in [3.05, 3.63) is 12.7 Å². The summed E-state index contributed by atoms with van der Waals surface area (Å²) in [7, 11) is 2.00. The van der Waals surface area contributed by atoms with E-state index in [2.05, 4.69) is 21.8 Å². The van der Waals surface area contributed by atoms with E-state index in [4.69, 9.17) is 5.11 Å². The van der Waals surface area contributed by atoms with Crippen LogP contribution < -0.4 is 5.32 Å². The first-order valence-electron chi connectivity index (χ1n) is 5.47. The highest BCUT2D eigenvalue weighted by molar-refractivity contribution is 14.0. The molecule has 0 atom stereocenters. The molecule has 16 heavy (non-hydrogen) atoms. The number of nitrogens with one attached hydrogen (secondary N) is 1. The van der Waals surface area contributed by atoms with Gasteiger partial charge in [-0.25, -0.2) is 0 Å². The molecule has 2 N–H and O–H groups in total. The van der Waals surface area contributed by atoms with Crippen LogP contribution in [0.5, 0.6) is 0 Å². The minimum absolute atomic E-state index is 0. The Labute approximate surface area is 116 Å². The summed E-state index contributed by atoms with van der Waals surface area (Å²) in [6.07, 6.45) is 4.01. The van der Waals surface area contributed by atoms with Gasteiger partial charge in [0.05, 0.1) is 13.2 Å². The smallest absolute Gasteiger partial charge is 0.193 e. The van der Waals surface area contributed by atoms with Gasteiger partial charge in [-0.2, -0.15) is 0 Å². The molecule has 0 radical (unpaired) electrons. The number of guanidine groups is 1. The number of aliphatic hydroxyl groups is 1. The molecular formula is C11H24IN3O. The van der Waals surface area contributed by atoms with Crippen molar-refractivity contribution in [2.24, 2.45) is 4.99 Å². The van der Waals surface area contributed by atoms with Gasteiger partial charge in [-0.15, -0.1) is 30.6 Å². The largest absolute Gasteiger partial charge is 0.394 e. The van der Waals surface area contributed by atoms with Crippen molar-refractivity contribution in [3.8, 4) is 0 Å². The molecule has 5 heteroatoms. The van der Waals surface area contributed by atoms with Gasteiger partial charge in [0.15, 0.2) is 5.96 Å². The molecule has 0 unspecified atom stereocenters.